The molecule has 1 aliphatic heterocycles. The van der Waals surface area contributed by atoms with E-state index in [2.05, 4.69) is 10.6 Å². The lowest BCUT2D eigenvalue weighted by atomic mass is 10.1. The van der Waals surface area contributed by atoms with Crippen molar-refractivity contribution < 1.29 is 28.5 Å². The Morgan fingerprint density at radius 2 is 1.81 bits per heavy atom. The van der Waals surface area contributed by atoms with E-state index in [0.29, 0.717) is 77.8 Å². The second kappa shape index (κ2) is 15.5. The number of hydrogen-bond donors (Lipinski definition) is 2. The molecule has 3 aromatic rings. The Labute approximate surface area is 255 Å². The van der Waals surface area contributed by atoms with Crippen molar-refractivity contribution in [2.45, 2.75) is 70.1 Å². The van der Waals surface area contributed by atoms with Crippen molar-refractivity contribution in [3.63, 3.8) is 0 Å². The van der Waals surface area contributed by atoms with Gasteiger partial charge in [0.15, 0.2) is 28.2 Å². The topological polar surface area (TPSA) is 130 Å². The predicted octanol–water partition coefficient (Wildman–Crippen LogP) is 4.07. The van der Waals surface area contributed by atoms with Crippen molar-refractivity contribution in [3.05, 3.63) is 46.2 Å². The first-order valence-electron chi connectivity index (χ1n) is 14.6. The molecule has 0 fully saturated rings. The number of fused-ring (bicyclic) bond motifs is 2. The molecule has 11 nitrogen and oxygen atoms in total. The zero-order valence-corrected chi connectivity index (χ0v) is 26.0. The number of hydrogen-bond acceptors (Lipinski definition) is 9. The molecule has 0 spiro atoms. The van der Waals surface area contributed by atoms with Crippen LogP contribution in [0.25, 0.3) is 10.9 Å². The number of aromatic nitrogens is 2. The van der Waals surface area contributed by atoms with E-state index in [0.717, 1.165) is 18.4 Å². The van der Waals surface area contributed by atoms with Crippen LogP contribution in [0.2, 0.25) is 0 Å². The van der Waals surface area contributed by atoms with E-state index in [1.165, 1.54) is 11.8 Å². The zero-order chi connectivity index (χ0) is 30.8. The Morgan fingerprint density at radius 3 is 2.56 bits per heavy atom. The maximum Gasteiger partial charge on any atom is 0.262 e. The third kappa shape index (κ3) is 8.56. The van der Waals surface area contributed by atoms with Gasteiger partial charge in [-0.1, -0.05) is 31.2 Å². The fraction of sp³-hybridized carbons (Fsp3) is 0.484. The summed E-state index contributed by atoms with van der Waals surface area (Å²) in [6, 6.07) is 9.16. The number of nitrogens with zero attached hydrogens (tertiary/aromatic N) is 2. The molecule has 2 aromatic carbocycles. The molecule has 1 unspecified atom stereocenters. The summed E-state index contributed by atoms with van der Waals surface area (Å²) in [5.41, 5.74) is 1.35. The summed E-state index contributed by atoms with van der Waals surface area (Å²) in [5.74, 6) is 2.42. The number of amides is 2. The van der Waals surface area contributed by atoms with Crippen molar-refractivity contribution >= 4 is 34.5 Å². The molecule has 1 aliphatic rings. The van der Waals surface area contributed by atoms with E-state index < -0.39 is 0 Å². The molecule has 2 amide bonds. The van der Waals surface area contributed by atoms with Gasteiger partial charge in [0.1, 0.15) is 0 Å². The van der Waals surface area contributed by atoms with Crippen molar-refractivity contribution in [3.8, 4) is 23.0 Å². The summed E-state index contributed by atoms with van der Waals surface area (Å²) in [6.07, 6.45) is 4.04. The van der Waals surface area contributed by atoms with Gasteiger partial charge in [0.2, 0.25) is 18.6 Å². The van der Waals surface area contributed by atoms with E-state index in [1.54, 1.807) is 30.9 Å². The van der Waals surface area contributed by atoms with Crippen molar-refractivity contribution in [2.75, 3.05) is 33.3 Å². The molecule has 0 bridgehead atoms. The Balaban J connectivity index is 1.31. The molecule has 4 rings (SSSR count). The van der Waals surface area contributed by atoms with Gasteiger partial charge >= 0.3 is 0 Å². The second-order valence-corrected chi connectivity index (χ2v) is 11.3. The molecule has 2 N–H and O–H groups in total. The van der Waals surface area contributed by atoms with Gasteiger partial charge in [-0.25, -0.2) is 4.98 Å². The smallest absolute Gasteiger partial charge is 0.262 e. The number of unbranched alkanes of at least 4 members (excludes halogenated alkanes) is 2. The highest BCUT2D eigenvalue weighted by atomic mass is 32.2. The minimum Gasteiger partial charge on any atom is -0.493 e. The van der Waals surface area contributed by atoms with Gasteiger partial charge in [-0.3, -0.25) is 19.0 Å². The van der Waals surface area contributed by atoms with Gasteiger partial charge in [-0.15, -0.1) is 0 Å². The number of thioether (sulfide) groups is 1. The molecule has 0 aliphatic carbocycles. The van der Waals surface area contributed by atoms with Gasteiger partial charge in [0.25, 0.3) is 5.56 Å². The summed E-state index contributed by atoms with van der Waals surface area (Å²) in [7, 11) is 3.19. The number of carbonyl (C=O) groups excluding carboxylic acids is 2. The largest absolute Gasteiger partial charge is 0.493 e. The monoisotopic (exact) mass is 612 g/mol. The van der Waals surface area contributed by atoms with Crippen LogP contribution >= 0.6 is 11.8 Å². The van der Waals surface area contributed by atoms with Crippen LogP contribution in [0, 0.1) is 0 Å². The molecule has 12 heteroatoms. The Bertz CT molecular complexity index is 1490. The lowest BCUT2D eigenvalue weighted by Crippen LogP contribution is -2.33. The predicted molar refractivity (Wildman–Crippen MR) is 165 cm³/mol. The third-order valence-electron chi connectivity index (χ3n) is 7.23. The lowest BCUT2D eigenvalue weighted by Gasteiger charge is -2.15. The molecule has 0 saturated heterocycles. The van der Waals surface area contributed by atoms with Crippen molar-refractivity contribution in [1.82, 2.24) is 20.2 Å². The average molecular weight is 613 g/mol. The van der Waals surface area contributed by atoms with Crippen LogP contribution in [0.5, 0.6) is 23.0 Å². The van der Waals surface area contributed by atoms with Crippen LogP contribution in [0.4, 0.5) is 0 Å². The van der Waals surface area contributed by atoms with E-state index in [-0.39, 0.29) is 36.0 Å². The first-order valence-corrected chi connectivity index (χ1v) is 15.6. The molecular weight excluding hydrogens is 572 g/mol. The van der Waals surface area contributed by atoms with E-state index in [9.17, 15) is 14.4 Å². The molecule has 1 aromatic heterocycles. The summed E-state index contributed by atoms with van der Waals surface area (Å²) in [5, 5.41) is 6.83. The maximum absolute atomic E-state index is 13.5. The van der Waals surface area contributed by atoms with Crippen molar-refractivity contribution in [2.24, 2.45) is 0 Å². The first kappa shape index (κ1) is 32.0. The van der Waals surface area contributed by atoms with Crippen molar-refractivity contribution in [1.29, 1.82) is 0 Å². The fourth-order valence-corrected chi connectivity index (χ4v) is 5.49. The van der Waals surface area contributed by atoms with Gasteiger partial charge < -0.3 is 29.6 Å². The van der Waals surface area contributed by atoms with Gasteiger partial charge in [0, 0.05) is 31.6 Å². The summed E-state index contributed by atoms with van der Waals surface area (Å²) < 4.78 is 23.2. The SMILES string of the molecule is CCC(C)NC(=O)CSc1nc2cc3c(cc2c(=O)n1CCCCCC(=O)NCCc1ccc(OC)c(OC)c1)OCO3. The summed E-state index contributed by atoms with van der Waals surface area (Å²) in [6.45, 7) is 5.01. The van der Waals surface area contributed by atoms with Gasteiger partial charge in [-0.05, 0) is 56.4 Å². The normalized spacial score (nSPS) is 12.7. The zero-order valence-electron chi connectivity index (χ0n) is 25.2. The standard InChI is InChI=1S/C31H40N4O7S/c1-5-20(2)33-29(37)18-43-31-34-23-17-27-26(41-19-42-27)16-22(23)30(38)35(31)14-8-6-7-9-28(36)32-13-12-21-10-11-24(39-3)25(15-21)40-4/h10-11,15-17,20H,5-9,12-14,18-19H2,1-4H3,(H,32,36)(H,33,37). The number of nitrogens with one attached hydrogen (secondary N) is 2. The van der Waals surface area contributed by atoms with Crippen LogP contribution < -0.4 is 35.1 Å². The molecule has 1 atom stereocenters. The lowest BCUT2D eigenvalue weighted by molar-refractivity contribution is -0.121. The Hall–Kier alpha value is -3.93. The molecular formula is C31H40N4O7S. The fourth-order valence-electron chi connectivity index (χ4n) is 4.65. The second-order valence-electron chi connectivity index (χ2n) is 10.3. The highest BCUT2D eigenvalue weighted by molar-refractivity contribution is 7.99. The number of carbonyl (C=O) groups is 2. The van der Waals surface area contributed by atoms with Crippen LogP contribution in [0.1, 0.15) is 51.5 Å². The van der Waals surface area contributed by atoms with Crippen LogP contribution in [-0.2, 0) is 22.6 Å². The molecule has 2 heterocycles. The number of rotatable bonds is 16. The number of ether oxygens (including phenoxy) is 4. The molecule has 232 valence electrons. The first-order chi connectivity index (χ1) is 20.8. The third-order valence-corrected chi connectivity index (χ3v) is 8.21. The Kier molecular flexibility index (Phi) is 11.5. The molecule has 43 heavy (non-hydrogen) atoms. The highest BCUT2D eigenvalue weighted by Crippen LogP contribution is 2.35. The number of methoxy groups -OCH3 is 2. The average Bonchev–Trinajstić information content (AvgIpc) is 3.47. The number of benzene rings is 2. The van der Waals surface area contributed by atoms with E-state index in [1.807, 2.05) is 32.0 Å². The van der Waals surface area contributed by atoms with Gasteiger partial charge in [-0.2, -0.15) is 0 Å². The van der Waals surface area contributed by atoms with E-state index in [4.69, 9.17) is 23.9 Å². The molecule has 0 saturated carbocycles. The quantitative estimate of drug-likeness (QED) is 0.140. The van der Waals surface area contributed by atoms with Crippen LogP contribution in [-0.4, -0.2) is 60.7 Å². The van der Waals surface area contributed by atoms with Crippen LogP contribution in [0.15, 0.2) is 40.3 Å². The minimum atomic E-state index is -0.193. The minimum absolute atomic E-state index is 0.00958. The Morgan fingerprint density at radius 1 is 1.05 bits per heavy atom. The molecule has 0 radical (unpaired) electrons. The summed E-state index contributed by atoms with van der Waals surface area (Å²) in [4.78, 5) is 43.1. The van der Waals surface area contributed by atoms with Crippen LogP contribution in [0.3, 0.4) is 0 Å². The van der Waals surface area contributed by atoms with E-state index >= 15 is 0 Å². The summed E-state index contributed by atoms with van der Waals surface area (Å²) >= 11 is 1.24. The highest BCUT2D eigenvalue weighted by Gasteiger charge is 2.20. The maximum atomic E-state index is 13.5. The van der Waals surface area contributed by atoms with Gasteiger partial charge in [0.05, 0.1) is 30.9 Å².